The number of halogens is 4. The Morgan fingerprint density at radius 2 is 1.68 bits per heavy atom. The van der Waals surface area contributed by atoms with Crippen molar-refractivity contribution in [3.05, 3.63) is 42.3 Å². The van der Waals surface area contributed by atoms with Gasteiger partial charge < -0.3 is 26.4 Å². The molecule has 25 heavy (non-hydrogen) atoms. The second-order valence-electron chi connectivity index (χ2n) is 4.64. The molecule has 0 bridgehead atoms. The minimum absolute atomic E-state index is 0.163. The molecule has 0 saturated heterocycles. The number of hydrogen-bond donors (Lipinski definition) is 4. The molecule has 7 nitrogen and oxygen atoms in total. The largest absolute Gasteiger partial charge is 0.505 e. The molecular formula is C14H8Br2Cl2N2O5. The maximum Gasteiger partial charge on any atom is 0.345 e. The zero-order valence-corrected chi connectivity index (χ0v) is 16.6. The molecule has 2 aromatic carbocycles. The summed E-state index contributed by atoms with van der Waals surface area (Å²) in [5.74, 6) is -3.20. The fourth-order valence-corrected chi connectivity index (χ4v) is 2.97. The van der Waals surface area contributed by atoms with E-state index in [0.29, 0.717) is 4.47 Å². The Kier molecular flexibility index (Phi) is 5.72. The number of carboxylic acid groups (broad SMARTS) is 1. The Morgan fingerprint density at radius 1 is 1.08 bits per heavy atom. The van der Waals surface area contributed by atoms with Crippen molar-refractivity contribution < 1.29 is 24.5 Å². The molecule has 0 spiro atoms. The fourth-order valence-electron chi connectivity index (χ4n) is 1.84. The minimum atomic E-state index is -1.38. The molecule has 2 rings (SSSR count). The van der Waals surface area contributed by atoms with E-state index in [-0.39, 0.29) is 42.8 Å². The molecule has 0 aromatic heterocycles. The molecule has 0 aliphatic carbocycles. The number of carbonyl (C=O) groups excluding carboxylic acids is 1. The first-order valence-electron chi connectivity index (χ1n) is 6.25. The topological polar surface area (TPSA) is 136 Å². The molecule has 6 N–H and O–H groups in total. The predicted molar refractivity (Wildman–Crippen MR) is 101 cm³/mol. The van der Waals surface area contributed by atoms with Crippen molar-refractivity contribution in [3.8, 4) is 11.5 Å². The number of phenols is 1. The van der Waals surface area contributed by atoms with Crippen LogP contribution in [0.25, 0.3) is 0 Å². The second kappa shape index (κ2) is 7.28. The number of nitrogen functional groups attached to an aromatic ring is 2. The second-order valence-corrected chi connectivity index (χ2v) is 7.07. The number of benzene rings is 2. The Morgan fingerprint density at radius 3 is 2.24 bits per heavy atom. The lowest BCUT2D eigenvalue weighted by atomic mass is 10.1. The van der Waals surface area contributed by atoms with Gasteiger partial charge in [-0.1, -0.05) is 23.2 Å². The highest BCUT2D eigenvalue weighted by Crippen LogP contribution is 2.42. The van der Waals surface area contributed by atoms with E-state index < -0.39 is 17.7 Å². The zero-order chi connectivity index (χ0) is 19.0. The van der Waals surface area contributed by atoms with E-state index in [2.05, 4.69) is 31.9 Å². The van der Waals surface area contributed by atoms with Gasteiger partial charge in [0.05, 0.1) is 32.0 Å². The first-order chi connectivity index (χ1) is 11.6. The van der Waals surface area contributed by atoms with Gasteiger partial charge in [-0.3, -0.25) is 0 Å². The van der Waals surface area contributed by atoms with Gasteiger partial charge in [0.1, 0.15) is 5.02 Å². The molecule has 0 heterocycles. The van der Waals surface area contributed by atoms with E-state index >= 15 is 0 Å². The van der Waals surface area contributed by atoms with Crippen molar-refractivity contribution in [1.82, 2.24) is 0 Å². The van der Waals surface area contributed by atoms with Gasteiger partial charge in [0, 0.05) is 4.47 Å². The number of hydrogen-bond acceptors (Lipinski definition) is 6. The monoisotopic (exact) mass is 512 g/mol. The van der Waals surface area contributed by atoms with E-state index in [9.17, 15) is 14.7 Å². The summed E-state index contributed by atoms with van der Waals surface area (Å²) in [7, 11) is 0. The number of carbonyl (C=O) groups is 2. The Labute approximate surface area is 167 Å². The highest BCUT2D eigenvalue weighted by atomic mass is 79.9. The summed E-state index contributed by atoms with van der Waals surface area (Å²) in [6, 6.07) is 2.34. The maximum atomic E-state index is 12.4. The van der Waals surface area contributed by atoms with E-state index in [4.69, 9.17) is 44.5 Å². The van der Waals surface area contributed by atoms with Crippen LogP contribution in [0.1, 0.15) is 20.7 Å². The Bertz CT molecular complexity index is 921. The zero-order valence-electron chi connectivity index (χ0n) is 11.9. The summed E-state index contributed by atoms with van der Waals surface area (Å²) in [4.78, 5) is 23.6. The van der Waals surface area contributed by atoms with Gasteiger partial charge >= 0.3 is 11.9 Å². The molecule has 0 amide bonds. The number of esters is 1. The number of aromatic hydroxyl groups is 1. The SMILES string of the molecule is Nc1c(C(=O)Oc2c(N)c(C(=O)O)cc(Cl)c2Cl)cc(Br)c(Br)c1O. The van der Waals surface area contributed by atoms with Crippen molar-refractivity contribution in [2.75, 3.05) is 11.5 Å². The minimum Gasteiger partial charge on any atom is -0.505 e. The molecule has 132 valence electrons. The molecule has 0 aliphatic heterocycles. The predicted octanol–water partition coefficient (Wildman–Crippen LogP) is 4.31. The van der Waals surface area contributed by atoms with Gasteiger partial charge in [0.15, 0.2) is 11.5 Å². The van der Waals surface area contributed by atoms with Crippen LogP contribution in [-0.4, -0.2) is 22.2 Å². The third-order valence-electron chi connectivity index (χ3n) is 3.09. The molecule has 0 fully saturated rings. The quantitative estimate of drug-likeness (QED) is 0.207. The van der Waals surface area contributed by atoms with Crippen molar-refractivity contribution in [2.45, 2.75) is 0 Å². The molecular weight excluding hydrogens is 507 g/mol. The highest BCUT2D eigenvalue weighted by molar-refractivity contribution is 9.13. The van der Waals surface area contributed by atoms with Gasteiger partial charge in [0.25, 0.3) is 0 Å². The van der Waals surface area contributed by atoms with Crippen LogP contribution in [0.4, 0.5) is 11.4 Å². The number of carboxylic acids is 1. The van der Waals surface area contributed by atoms with Gasteiger partial charge in [-0.05, 0) is 44.0 Å². The lowest BCUT2D eigenvalue weighted by molar-refractivity contribution is 0.0689. The molecule has 2 aromatic rings. The van der Waals surface area contributed by atoms with Crippen molar-refractivity contribution in [2.24, 2.45) is 0 Å². The van der Waals surface area contributed by atoms with Gasteiger partial charge in [-0.15, -0.1) is 0 Å². The van der Waals surface area contributed by atoms with Crippen LogP contribution in [0.15, 0.2) is 21.1 Å². The fraction of sp³-hybridized carbons (Fsp3) is 0. The summed E-state index contributed by atoms with van der Waals surface area (Å²) >= 11 is 18.0. The smallest absolute Gasteiger partial charge is 0.345 e. The number of nitrogens with two attached hydrogens (primary N) is 2. The van der Waals surface area contributed by atoms with E-state index in [1.165, 1.54) is 6.07 Å². The molecule has 0 atom stereocenters. The Hall–Kier alpha value is -1.68. The average Bonchev–Trinajstić information content (AvgIpc) is 2.55. The van der Waals surface area contributed by atoms with E-state index in [1.807, 2.05) is 0 Å². The highest BCUT2D eigenvalue weighted by Gasteiger charge is 2.25. The third-order valence-corrected chi connectivity index (χ3v) is 5.82. The molecule has 0 aliphatic rings. The third kappa shape index (κ3) is 3.64. The molecule has 11 heteroatoms. The van der Waals surface area contributed by atoms with Crippen LogP contribution in [-0.2, 0) is 0 Å². The van der Waals surface area contributed by atoms with Crippen LogP contribution in [0.2, 0.25) is 10.0 Å². The van der Waals surface area contributed by atoms with Crippen molar-refractivity contribution >= 4 is 78.4 Å². The number of phenolic OH excluding ortho intramolecular Hbond substituents is 1. The van der Waals surface area contributed by atoms with Crippen LogP contribution in [0, 0.1) is 0 Å². The standard InChI is InChI=1S/C14H8Br2Cl2N2O5/c15-5-1-4(9(19)11(21)7(5)16)14(24)25-12-8(18)6(17)2-3(10(12)20)13(22)23/h1-2,21H,19-20H2,(H,22,23). The van der Waals surface area contributed by atoms with Crippen LogP contribution in [0.3, 0.4) is 0 Å². The lowest BCUT2D eigenvalue weighted by Crippen LogP contribution is -2.14. The lowest BCUT2D eigenvalue weighted by Gasteiger charge is -2.14. The maximum absolute atomic E-state index is 12.4. The number of rotatable bonds is 3. The summed E-state index contributed by atoms with van der Waals surface area (Å²) in [6.45, 7) is 0. The van der Waals surface area contributed by atoms with E-state index in [0.717, 1.165) is 6.07 Å². The van der Waals surface area contributed by atoms with E-state index in [1.54, 1.807) is 0 Å². The molecule has 0 unspecified atom stereocenters. The van der Waals surface area contributed by atoms with Crippen LogP contribution >= 0.6 is 55.1 Å². The number of anilines is 2. The molecule has 0 saturated carbocycles. The summed E-state index contributed by atoms with van der Waals surface area (Å²) in [5, 5.41) is 18.6. The van der Waals surface area contributed by atoms with Crippen molar-refractivity contribution in [3.63, 3.8) is 0 Å². The van der Waals surface area contributed by atoms with Gasteiger partial charge in [0.2, 0.25) is 0 Å². The average molecular weight is 515 g/mol. The van der Waals surface area contributed by atoms with Gasteiger partial charge in [-0.25, -0.2) is 9.59 Å². The van der Waals surface area contributed by atoms with Crippen molar-refractivity contribution in [1.29, 1.82) is 0 Å². The van der Waals surface area contributed by atoms with Gasteiger partial charge in [-0.2, -0.15) is 0 Å². The normalized spacial score (nSPS) is 10.6. The number of aromatic carboxylic acids is 1. The number of ether oxygens (including phenoxy) is 1. The first-order valence-corrected chi connectivity index (χ1v) is 8.59. The van der Waals surface area contributed by atoms with Crippen LogP contribution < -0.4 is 16.2 Å². The first kappa shape index (κ1) is 19.6. The summed E-state index contributed by atoms with van der Waals surface area (Å²) in [5.41, 5.74) is 10.2. The summed E-state index contributed by atoms with van der Waals surface area (Å²) in [6.07, 6.45) is 0. The molecule has 0 radical (unpaired) electrons. The summed E-state index contributed by atoms with van der Waals surface area (Å²) < 4.78 is 5.67. The Balaban J connectivity index is 2.55. The van der Waals surface area contributed by atoms with Crippen LogP contribution in [0.5, 0.6) is 11.5 Å².